The van der Waals surface area contributed by atoms with Gasteiger partial charge in [-0.05, 0) is 88.2 Å². The summed E-state index contributed by atoms with van der Waals surface area (Å²) in [4.78, 5) is 32.3. The Hall–Kier alpha value is -3.93. The highest BCUT2D eigenvalue weighted by atomic mass is 127. The van der Waals surface area contributed by atoms with Crippen molar-refractivity contribution in [3.8, 4) is 11.5 Å². The zero-order chi connectivity index (χ0) is 31.7. The van der Waals surface area contributed by atoms with Gasteiger partial charge in [0, 0.05) is 5.02 Å². The predicted octanol–water partition coefficient (Wildman–Crippen LogP) is 6.80. The maximum Gasteiger partial charge on any atom is 0.338 e. The number of allylic oxidation sites excluding steroid dienone is 1. The van der Waals surface area contributed by atoms with Gasteiger partial charge in [0.15, 0.2) is 16.3 Å². The van der Waals surface area contributed by atoms with Crippen LogP contribution < -0.4 is 24.4 Å². The van der Waals surface area contributed by atoms with Gasteiger partial charge in [-0.2, -0.15) is 0 Å². The van der Waals surface area contributed by atoms with E-state index in [1.807, 2.05) is 42.5 Å². The van der Waals surface area contributed by atoms with Gasteiger partial charge in [-0.25, -0.2) is 9.79 Å². The molecule has 4 aromatic carbocycles. The Bertz CT molecular complexity index is 2170. The lowest BCUT2D eigenvalue weighted by atomic mass is 9.96. The summed E-state index contributed by atoms with van der Waals surface area (Å²) in [6.07, 6.45) is 1.80. The van der Waals surface area contributed by atoms with Crippen LogP contribution in [0.5, 0.6) is 11.5 Å². The topological polar surface area (TPSA) is 79.1 Å². The monoisotopic (exact) mass is 750 g/mol. The molecule has 0 saturated carbocycles. The number of esters is 1. The van der Waals surface area contributed by atoms with E-state index < -0.39 is 12.0 Å². The molecule has 1 aliphatic heterocycles. The molecule has 2 heterocycles. The smallest absolute Gasteiger partial charge is 0.338 e. The molecule has 0 amide bonds. The van der Waals surface area contributed by atoms with Crippen LogP contribution in [0.3, 0.4) is 0 Å². The van der Waals surface area contributed by atoms with E-state index in [2.05, 4.69) is 51.8 Å². The van der Waals surface area contributed by atoms with E-state index >= 15 is 0 Å². The highest BCUT2D eigenvalue weighted by Gasteiger charge is 2.34. The normalized spacial score (nSPS) is 14.7. The molecule has 0 fully saturated rings. The largest absolute Gasteiger partial charge is 0.493 e. The van der Waals surface area contributed by atoms with Gasteiger partial charge >= 0.3 is 5.97 Å². The molecule has 1 atom stereocenters. The fourth-order valence-electron chi connectivity index (χ4n) is 5.47. The number of methoxy groups -OCH3 is 1. The van der Waals surface area contributed by atoms with E-state index in [0.717, 1.165) is 25.5 Å². The van der Waals surface area contributed by atoms with Gasteiger partial charge in [0.05, 0.1) is 33.1 Å². The number of fused-ring (bicyclic) bond motifs is 2. The van der Waals surface area contributed by atoms with Crippen LogP contribution in [0.2, 0.25) is 5.02 Å². The summed E-state index contributed by atoms with van der Waals surface area (Å²) in [6, 6.07) is 24.6. The molecular formula is C35H28ClIN2O5S. The molecule has 1 aromatic heterocycles. The predicted molar refractivity (Wildman–Crippen MR) is 186 cm³/mol. The Labute approximate surface area is 282 Å². The molecule has 0 N–H and O–H groups in total. The second kappa shape index (κ2) is 13.2. The standard InChI is InChI=1S/C35H28ClIN2O5S/c1-4-43-34(41)30-20(2)38-35-39(31(30)25-14-7-8-15-26(25)36)33(40)29(45-35)18-21-16-27(37)32(28(17-21)42-3)44-19-23-12-9-11-22-10-5-6-13-24(22)23/h5-18,31H,4,19H2,1-3H3/b29-18-/t31-/m1/s1. The van der Waals surface area contributed by atoms with E-state index in [0.29, 0.717) is 43.7 Å². The lowest BCUT2D eigenvalue weighted by Crippen LogP contribution is -2.40. The van der Waals surface area contributed by atoms with Crippen LogP contribution in [0.15, 0.2) is 99.9 Å². The van der Waals surface area contributed by atoms with Crippen LogP contribution in [0.1, 0.15) is 36.6 Å². The van der Waals surface area contributed by atoms with Crippen molar-refractivity contribution in [1.82, 2.24) is 4.57 Å². The maximum absolute atomic E-state index is 14.0. The van der Waals surface area contributed by atoms with Gasteiger partial charge in [-0.15, -0.1) is 0 Å². The van der Waals surface area contributed by atoms with Gasteiger partial charge in [-0.1, -0.05) is 83.6 Å². The van der Waals surface area contributed by atoms with Crippen LogP contribution in [-0.4, -0.2) is 24.3 Å². The quantitative estimate of drug-likeness (QED) is 0.129. The highest BCUT2D eigenvalue weighted by molar-refractivity contribution is 14.1. The molecule has 1 aliphatic rings. The summed E-state index contributed by atoms with van der Waals surface area (Å²) in [5, 5.41) is 2.72. The van der Waals surface area contributed by atoms with Crippen LogP contribution >= 0.6 is 45.5 Å². The molecule has 0 unspecified atom stereocenters. The summed E-state index contributed by atoms with van der Waals surface area (Å²) < 4.78 is 20.2. The van der Waals surface area contributed by atoms with Crippen molar-refractivity contribution in [3.63, 3.8) is 0 Å². The molecule has 0 saturated heterocycles. The van der Waals surface area contributed by atoms with Crippen molar-refractivity contribution in [2.75, 3.05) is 13.7 Å². The first kappa shape index (κ1) is 31.1. The molecule has 0 spiro atoms. The Kier molecular flexibility index (Phi) is 9.11. The van der Waals surface area contributed by atoms with E-state index in [1.54, 1.807) is 39.2 Å². The lowest BCUT2D eigenvalue weighted by Gasteiger charge is -2.25. The number of hydrogen-bond acceptors (Lipinski definition) is 7. The summed E-state index contributed by atoms with van der Waals surface area (Å²) in [5.74, 6) is 0.643. The number of nitrogens with zero attached hydrogens (tertiary/aromatic N) is 2. The number of halogens is 2. The molecule has 6 rings (SSSR count). The van der Waals surface area contributed by atoms with E-state index in [4.69, 9.17) is 25.8 Å². The highest BCUT2D eigenvalue weighted by Crippen LogP contribution is 2.36. The van der Waals surface area contributed by atoms with Gasteiger partial charge in [0.1, 0.15) is 12.6 Å². The maximum atomic E-state index is 14.0. The van der Waals surface area contributed by atoms with E-state index in [1.165, 1.54) is 15.9 Å². The van der Waals surface area contributed by atoms with Crippen molar-refractivity contribution in [2.24, 2.45) is 4.99 Å². The average molecular weight is 751 g/mol. The Morgan fingerprint density at radius 3 is 2.62 bits per heavy atom. The van der Waals surface area contributed by atoms with Gasteiger partial charge in [-0.3, -0.25) is 9.36 Å². The number of carbonyl (C=O) groups excluding carboxylic acids is 1. The first-order valence-electron chi connectivity index (χ1n) is 14.2. The minimum absolute atomic E-state index is 0.192. The number of aromatic nitrogens is 1. The van der Waals surface area contributed by atoms with Crippen molar-refractivity contribution < 1.29 is 19.0 Å². The Morgan fingerprint density at radius 2 is 1.84 bits per heavy atom. The third-order valence-electron chi connectivity index (χ3n) is 7.52. The van der Waals surface area contributed by atoms with Crippen molar-refractivity contribution >= 4 is 68.3 Å². The van der Waals surface area contributed by atoms with Crippen LogP contribution in [-0.2, 0) is 16.1 Å². The molecule has 0 bridgehead atoms. The fraction of sp³-hybridized carbons (Fsp3) is 0.171. The zero-order valence-corrected chi connectivity index (χ0v) is 28.4. The summed E-state index contributed by atoms with van der Waals surface area (Å²) in [6.45, 7) is 4.05. The molecule has 228 valence electrons. The number of thiazole rings is 1. The second-order valence-corrected chi connectivity index (χ2v) is 12.9. The third kappa shape index (κ3) is 6.04. The van der Waals surface area contributed by atoms with Gasteiger partial charge in [0.25, 0.3) is 5.56 Å². The molecule has 7 nitrogen and oxygen atoms in total. The minimum Gasteiger partial charge on any atom is -0.493 e. The van der Waals surface area contributed by atoms with Crippen LogP contribution in [0.4, 0.5) is 0 Å². The van der Waals surface area contributed by atoms with Crippen molar-refractivity contribution in [1.29, 1.82) is 0 Å². The number of carbonyl (C=O) groups is 1. The van der Waals surface area contributed by atoms with Gasteiger partial charge in [0.2, 0.25) is 0 Å². The van der Waals surface area contributed by atoms with E-state index in [-0.39, 0.29) is 17.7 Å². The average Bonchev–Trinajstić information content (AvgIpc) is 3.33. The number of hydrogen-bond donors (Lipinski definition) is 0. The van der Waals surface area contributed by atoms with Crippen molar-refractivity contribution in [3.05, 3.63) is 135 Å². The SMILES string of the molecule is CCOC(=O)C1=C(C)N=c2s/c(=C\c3cc(I)c(OCc4cccc5ccccc45)c(OC)c3)c(=O)n2[C@@H]1c1ccccc1Cl. The van der Waals surface area contributed by atoms with Crippen molar-refractivity contribution in [2.45, 2.75) is 26.5 Å². The summed E-state index contributed by atoms with van der Waals surface area (Å²) in [5.41, 5.74) is 2.93. The second-order valence-electron chi connectivity index (χ2n) is 10.3. The number of rotatable bonds is 8. The zero-order valence-electron chi connectivity index (χ0n) is 24.7. The fourth-order valence-corrected chi connectivity index (χ4v) is 7.53. The lowest BCUT2D eigenvalue weighted by molar-refractivity contribution is -0.139. The molecular weight excluding hydrogens is 723 g/mol. The number of benzene rings is 4. The molecule has 0 radical (unpaired) electrons. The molecule has 10 heteroatoms. The molecule has 0 aliphatic carbocycles. The first-order valence-corrected chi connectivity index (χ1v) is 16.5. The molecule has 45 heavy (non-hydrogen) atoms. The Balaban J connectivity index is 1.40. The minimum atomic E-state index is -0.782. The summed E-state index contributed by atoms with van der Waals surface area (Å²) >= 11 is 10.1. The van der Waals surface area contributed by atoms with Crippen LogP contribution in [0, 0.1) is 3.57 Å². The Morgan fingerprint density at radius 1 is 1.09 bits per heavy atom. The molecule has 5 aromatic rings. The number of ether oxygens (including phenoxy) is 3. The van der Waals surface area contributed by atoms with Crippen LogP contribution in [0.25, 0.3) is 16.8 Å². The van der Waals surface area contributed by atoms with E-state index in [9.17, 15) is 9.59 Å². The first-order chi connectivity index (χ1) is 21.8. The van der Waals surface area contributed by atoms with Gasteiger partial charge < -0.3 is 14.2 Å². The third-order valence-corrected chi connectivity index (χ3v) is 9.65. The summed E-state index contributed by atoms with van der Waals surface area (Å²) in [7, 11) is 1.59.